The monoisotopic (exact) mass is 264 g/mol. The Morgan fingerprint density at radius 2 is 2.20 bits per heavy atom. The van der Waals surface area contributed by atoms with Gasteiger partial charge in [0.15, 0.2) is 4.47 Å². The molecule has 0 aliphatic heterocycles. The van der Waals surface area contributed by atoms with Crippen LogP contribution in [0.4, 0.5) is 0 Å². The van der Waals surface area contributed by atoms with Crippen molar-refractivity contribution in [2.24, 2.45) is 0 Å². The van der Waals surface area contributed by atoms with E-state index in [9.17, 15) is 0 Å². The van der Waals surface area contributed by atoms with Gasteiger partial charge in [-0.1, -0.05) is 25.4 Å². The van der Waals surface area contributed by atoms with Crippen molar-refractivity contribution in [2.45, 2.75) is 19.6 Å². The first kappa shape index (κ1) is 13.3. The van der Waals surface area contributed by atoms with E-state index in [0.717, 1.165) is 18.8 Å². The predicted octanol–water partition coefficient (Wildman–Crippen LogP) is 3.37. The van der Waals surface area contributed by atoms with Gasteiger partial charge in [0.1, 0.15) is 0 Å². The second-order valence-electron chi connectivity index (χ2n) is 3.16. The summed E-state index contributed by atoms with van der Waals surface area (Å²) in [6.45, 7) is 7.87. The van der Waals surface area contributed by atoms with Gasteiger partial charge in [0.25, 0.3) is 0 Å². The molecule has 86 valence electrons. The molecule has 1 rings (SSSR count). The molecule has 0 aliphatic carbocycles. The molecule has 0 atom stereocenters. The van der Waals surface area contributed by atoms with Crippen molar-refractivity contribution in [3.8, 4) is 0 Å². The SMILES string of the molecule is CCN(CC)CCSCc1cnc(Cl)s1. The van der Waals surface area contributed by atoms with Gasteiger partial charge in [0.05, 0.1) is 0 Å². The Hall–Kier alpha value is 0.230. The summed E-state index contributed by atoms with van der Waals surface area (Å²) in [5, 5.41) is 0. The number of hydrogen-bond donors (Lipinski definition) is 0. The third-order valence-corrected chi connectivity index (χ3v) is 4.50. The van der Waals surface area contributed by atoms with E-state index in [0.29, 0.717) is 4.47 Å². The maximum absolute atomic E-state index is 5.76. The van der Waals surface area contributed by atoms with E-state index >= 15 is 0 Å². The Kier molecular flexibility index (Phi) is 6.64. The second-order valence-corrected chi connectivity index (χ2v) is 5.96. The predicted molar refractivity (Wildman–Crippen MR) is 71.1 cm³/mol. The maximum Gasteiger partial charge on any atom is 0.183 e. The lowest BCUT2D eigenvalue weighted by Gasteiger charge is -2.16. The molecule has 0 aliphatic rings. The first-order chi connectivity index (χ1) is 7.26. The first-order valence-corrected chi connectivity index (χ1v) is 7.51. The van der Waals surface area contributed by atoms with Crippen molar-refractivity contribution in [1.29, 1.82) is 0 Å². The standard InChI is InChI=1S/C10H17ClN2S2/c1-3-13(4-2)5-6-14-8-9-7-12-10(11)15-9/h7H,3-6,8H2,1-2H3. The number of thiazole rings is 1. The molecule has 1 aromatic rings. The third kappa shape index (κ3) is 5.20. The molecule has 1 aromatic heterocycles. The fourth-order valence-electron chi connectivity index (χ4n) is 1.26. The molecule has 0 spiro atoms. The Morgan fingerprint density at radius 1 is 1.47 bits per heavy atom. The molecule has 0 bridgehead atoms. The minimum atomic E-state index is 0.648. The van der Waals surface area contributed by atoms with Gasteiger partial charge in [-0.05, 0) is 13.1 Å². The van der Waals surface area contributed by atoms with Crippen LogP contribution >= 0.6 is 34.7 Å². The van der Waals surface area contributed by atoms with E-state index < -0.39 is 0 Å². The zero-order valence-electron chi connectivity index (χ0n) is 9.20. The summed E-state index contributed by atoms with van der Waals surface area (Å²) in [6.07, 6.45) is 1.87. The van der Waals surface area contributed by atoms with Crippen LogP contribution in [0.1, 0.15) is 18.7 Å². The molecule has 15 heavy (non-hydrogen) atoms. The molecule has 0 saturated heterocycles. The molecular weight excluding hydrogens is 248 g/mol. The van der Waals surface area contributed by atoms with E-state index in [1.54, 1.807) is 11.3 Å². The highest BCUT2D eigenvalue weighted by molar-refractivity contribution is 7.98. The Bertz CT molecular complexity index is 274. The highest BCUT2D eigenvalue weighted by Crippen LogP contribution is 2.22. The number of hydrogen-bond acceptors (Lipinski definition) is 4. The molecule has 0 aromatic carbocycles. The highest BCUT2D eigenvalue weighted by atomic mass is 35.5. The third-order valence-electron chi connectivity index (χ3n) is 2.22. The van der Waals surface area contributed by atoms with Gasteiger partial charge in [-0.2, -0.15) is 11.8 Å². The summed E-state index contributed by atoms with van der Waals surface area (Å²) in [6, 6.07) is 0. The van der Waals surface area contributed by atoms with Crippen LogP contribution in [0.25, 0.3) is 0 Å². The highest BCUT2D eigenvalue weighted by Gasteiger charge is 2.01. The molecular formula is C10H17ClN2S2. The summed E-state index contributed by atoms with van der Waals surface area (Å²) in [7, 11) is 0. The second kappa shape index (κ2) is 7.49. The largest absolute Gasteiger partial charge is 0.303 e. The molecule has 0 unspecified atom stereocenters. The molecule has 5 heteroatoms. The van der Waals surface area contributed by atoms with Crippen LogP contribution in [0.3, 0.4) is 0 Å². The van der Waals surface area contributed by atoms with Gasteiger partial charge in [0, 0.05) is 29.1 Å². The first-order valence-electron chi connectivity index (χ1n) is 5.16. The van der Waals surface area contributed by atoms with E-state index in [4.69, 9.17) is 11.6 Å². The van der Waals surface area contributed by atoms with Crippen molar-refractivity contribution >= 4 is 34.7 Å². The molecule has 0 fully saturated rings. The molecule has 0 N–H and O–H groups in total. The Labute approximate surface area is 105 Å². The van der Waals surface area contributed by atoms with E-state index in [1.165, 1.54) is 17.2 Å². The minimum Gasteiger partial charge on any atom is -0.303 e. The molecule has 0 radical (unpaired) electrons. The normalized spacial score (nSPS) is 11.2. The maximum atomic E-state index is 5.76. The van der Waals surface area contributed by atoms with Crippen LogP contribution in [0.5, 0.6) is 0 Å². The summed E-state index contributed by atoms with van der Waals surface area (Å²) >= 11 is 9.29. The number of rotatable bonds is 7. The van der Waals surface area contributed by atoms with E-state index in [1.807, 2.05) is 18.0 Å². The van der Waals surface area contributed by atoms with Crippen LogP contribution in [0.2, 0.25) is 4.47 Å². The summed E-state index contributed by atoms with van der Waals surface area (Å²) in [5.74, 6) is 2.21. The number of aromatic nitrogens is 1. The van der Waals surface area contributed by atoms with Gasteiger partial charge in [-0.3, -0.25) is 0 Å². The lowest BCUT2D eigenvalue weighted by molar-refractivity contribution is 0.324. The minimum absolute atomic E-state index is 0.648. The van der Waals surface area contributed by atoms with Gasteiger partial charge in [-0.25, -0.2) is 4.98 Å². The van der Waals surface area contributed by atoms with Crippen LogP contribution in [0, 0.1) is 0 Å². The van der Waals surface area contributed by atoms with Crippen molar-refractivity contribution in [3.05, 3.63) is 15.5 Å². The number of halogens is 1. The Balaban J connectivity index is 2.11. The van der Waals surface area contributed by atoms with Crippen LogP contribution in [-0.2, 0) is 5.75 Å². The average Bonchev–Trinajstić information content (AvgIpc) is 2.65. The quantitative estimate of drug-likeness (QED) is 0.703. The van der Waals surface area contributed by atoms with E-state index in [-0.39, 0.29) is 0 Å². The number of nitrogens with zero attached hydrogens (tertiary/aromatic N) is 2. The van der Waals surface area contributed by atoms with Gasteiger partial charge < -0.3 is 4.90 Å². The van der Waals surface area contributed by atoms with E-state index in [2.05, 4.69) is 23.7 Å². The average molecular weight is 265 g/mol. The molecule has 2 nitrogen and oxygen atoms in total. The smallest absolute Gasteiger partial charge is 0.183 e. The molecule has 1 heterocycles. The van der Waals surface area contributed by atoms with Gasteiger partial charge in [0.2, 0.25) is 0 Å². The lowest BCUT2D eigenvalue weighted by atomic mass is 10.5. The summed E-state index contributed by atoms with van der Waals surface area (Å²) in [5.41, 5.74) is 0. The zero-order chi connectivity index (χ0) is 11.1. The fraction of sp³-hybridized carbons (Fsp3) is 0.700. The zero-order valence-corrected chi connectivity index (χ0v) is 11.6. The van der Waals surface area contributed by atoms with Crippen LogP contribution < -0.4 is 0 Å². The topological polar surface area (TPSA) is 16.1 Å². The van der Waals surface area contributed by atoms with Crippen molar-refractivity contribution in [3.63, 3.8) is 0 Å². The fourth-order valence-corrected chi connectivity index (χ4v) is 3.32. The van der Waals surface area contributed by atoms with Crippen molar-refractivity contribution in [1.82, 2.24) is 9.88 Å². The van der Waals surface area contributed by atoms with Gasteiger partial charge >= 0.3 is 0 Å². The van der Waals surface area contributed by atoms with Crippen LogP contribution in [-0.4, -0.2) is 35.3 Å². The lowest BCUT2D eigenvalue weighted by Crippen LogP contribution is -2.25. The van der Waals surface area contributed by atoms with Gasteiger partial charge in [-0.15, -0.1) is 11.3 Å². The summed E-state index contributed by atoms with van der Waals surface area (Å²) in [4.78, 5) is 7.73. The Morgan fingerprint density at radius 3 is 2.73 bits per heavy atom. The van der Waals surface area contributed by atoms with Crippen LogP contribution in [0.15, 0.2) is 6.20 Å². The summed E-state index contributed by atoms with van der Waals surface area (Å²) < 4.78 is 0.648. The molecule has 0 saturated carbocycles. The van der Waals surface area contributed by atoms with Crippen molar-refractivity contribution in [2.75, 3.05) is 25.4 Å². The molecule has 0 amide bonds. The number of thioether (sulfide) groups is 1. The van der Waals surface area contributed by atoms with Crippen molar-refractivity contribution < 1.29 is 0 Å².